The van der Waals surface area contributed by atoms with Gasteiger partial charge in [-0.1, -0.05) is 50.6 Å². The first kappa shape index (κ1) is 27.9. The second-order valence-electron chi connectivity index (χ2n) is 10.6. The molecule has 4 aromatic rings. The molecule has 0 spiro atoms. The Bertz CT molecular complexity index is 1550. The van der Waals surface area contributed by atoms with Crippen molar-refractivity contribution in [2.24, 2.45) is 0 Å². The minimum Gasteiger partial charge on any atom is -0.350 e. The van der Waals surface area contributed by atoms with E-state index in [0.29, 0.717) is 23.1 Å². The number of nitrogens with zero attached hydrogens (tertiary/aromatic N) is 4. The van der Waals surface area contributed by atoms with Crippen molar-refractivity contribution in [2.45, 2.75) is 38.0 Å². The lowest BCUT2D eigenvalue weighted by molar-refractivity contribution is -0.123. The van der Waals surface area contributed by atoms with Gasteiger partial charge in [-0.3, -0.25) is 19.5 Å². The number of benzene rings is 2. The summed E-state index contributed by atoms with van der Waals surface area (Å²) in [6, 6.07) is 17.2. The van der Waals surface area contributed by atoms with Crippen LogP contribution in [0.2, 0.25) is 5.02 Å². The highest BCUT2D eigenvalue weighted by atomic mass is 35.5. The fraction of sp³-hybridized carbons (Fsp3) is 0.267. The first-order valence-corrected chi connectivity index (χ1v) is 14.3. The first-order valence-electron chi connectivity index (χ1n) is 12.8. The highest BCUT2D eigenvalue weighted by Gasteiger charge is 2.40. The van der Waals surface area contributed by atoms with Crippen LogP contribution in [0.25, 0.3) is 5.69 Å². The summed E-state index contributed by atoms with van der Waals surface area (Å²) in [4.78, 5) is 32.4. The van der Waals surface area contributed by atoms with Crippen LogP contribution in [0.1, 0.15) is 48.4 Å². The van der Waals surface area contributed by atoms with E-state index in [1.54, 1.807) is 35.3 Å². The maximum atomic E-state index is 14.4. The van der Waals surface area contributed by atoms with Crippen molar-refractivity contribution < 1.29 is 14.0 Å². The molecule has 40 heavy (non-hydrogen) atoms. The van der Waals surface area contributed by atoms with Crippen LogP contribution in [0.4, 0.5) is 10.2 Å². The van der Waals surface area contributed by atoms with Crippen molar-refractivity contribution in [3.05, 3.63) is 106 Å². The number of aromatic nitrogens is 3. The normalized spacial score (nSPS) is 15.5. The van der Waals surface area contributed by atoms with Gasteiger partial charge < -0.3 is 5.32 Å². The van der Waals surface area contributed by atoms with Crippen LogP contribution in [-0.4, -0.2) is 38.9 Å². The quantitative estimate of drug-likeness (QED) is 0.311. The number of rotatable bonds is 6. The number of hydrogen-bond acceptors (Lipinski definition) is 5. The number of halogens is 2. The number of hydrogen-bond donors (Lipinski definition) is 1. The van der Waals surface area contributed by atoms with E-state index in [1.807, 2.05) is 51.1 Å². The van der Waals surface area contributed by atoms with Gasteiger partial charge in [0.05, 0.1) is 22.4 Å². The topological polar surface area (TPSA) is 80.1 Å². The molecule has 0 bridgehead atoms. The van der Waals surface area contributed by atoms with E-state index in [1.165, 1.54) is 28.8 Å². The first-order chi connectivity index (χ1) is 19.1. The summed E-state index contributed by atoms with van der Waals surface area (Å²) in [5.41, 5.74) is 3.37. The van der Waals surface area contributed by atoms with Crippen molar-refractivity contribution in [1.29, 1.82) is 0 Å². The number of amides is 2. The molecule has 0 saturated carbocycles. The molecule has 0 aliphatic carbocycles. The van der Waals surface area contributed by atoms with Crippen LogP contribution in [0.5, 0.6) is 0 Å². The van der Waals surface area contributed by atoms with Gasteiger partial charge in [0.1, 0.15) is 18.2 Å². The summed E-state index contributed by atoms with van der Waals surface area (Å²) in [5, 5.41) is 8.05. The predicted octanol–water partition coefficient (Wildman–Crippen LogP) is 5.84. The predicted molar refractivity (Wildman–Crippen MR) is 156 cm³/mol. The number of pyridine rings is 1. The largest absolute Gasteiger partial charge is 0.350 e. The fourth-order valence-electron chi connectivity index (χ4n) is 4.69. The Labute approximate surface area is 241 Å². The van der Waals surface area contributed by atoms with E-state index < -0.39 is 5.41 Å². The lowest BCUT2D eigenvalue weighted by Gasteiger charge is -2.24. The van der Waals surface area contributed by atoms with Crippen LogP contribution < -0.4 is 10.2 Å². The molecule has 5 rings (SSSR count). The molecular weight excluding hydrogens is 549 g/mol. The summed E-state index contributed by atoms with van der Waals surface area (Å²) < 4.78 is 16.1. The summed E-state index contributed by atoms with van der Waals surface area (Å²) >= 11 is 7.77. The van der Waals surface area contributed by atoms with Crippen molar-refractivity contribution >= 4 is 41.0 Å². The zero-order valence-corrected chi connectivity index (χ0v) is 24.0. The molecular formula is C30H29ClFN5O2S. The smallest absolute Gasteiger partial charge is 0.240 e. The molecule has 1 aliphatic heterocycles. The number of nitrogens with one attached hydrogen (secondary N) is 1. The Morgan fingerprint density at radius 1 is 1.12 bits per heavy atom. The Kier molecular flexibility index (Phi) is 7.96. The molecule has 1 aliphatic rings. The Morgan fingerprint density at radius 2 is 1.88 bits per heavy atom. The zero-order valence-electron chi connectivity index (χ0n) is 22.4. The number of thioether (sulfide) groups is 1. The van der Waals surface area contributed by atoms with Gasteiger partial charge in [-0.2, -0.15) is 5.10 Å². The summed E-state index contributed by atoms with van der Waals surface area (Å²) in [6.45, 7) is 6.23. The zero-order chi connectivity index (χ0) is 28.4. The van der Waals surface area contributed by atoms with Crippen molar-refractivity contribution in [3.63, 3.8) is 0 Å². The van der Waals surface area contributed by atoms with Gasteiger partial charge in [-0.15, -0.1) is 11.8 Å². The van der Waals surface area contributed by atoms with Gasteiger partial charge >= 0.3 is 0 Å². The average molecular weight is 578 g/mol. The van der Waals surface area contributed by atoms with E-state index in [0.717, 1.165) is 22.4 Å². The van der Waals surface area contributed by atoms with E-state index in [9.17, 15) is 14.0 Å². The third-order valence-electron chi connectivity index (χ3n) is 6.54. The Morgan fingerprint density at radius 3 is 2.58 bits per heavy atom. The van der Waals surface area contributed by atoms with E-state index >= 15 is 0 Å². The van der Waals surface area contributed by atoms with Crippen LogP contribution >= 0.6 is 23.4 Å². The summed E-state index contributed by atoms with van der Waals surface area (Å²) in [7, 11) is 0. The van der Waals surface area contributed by atoms with Crippen LogP contribution in [0, 0.1) is 5.82 Å². The Hall–Kier alpha value is -3.69. The third kappa shape index (κ3) is 5.90. The van der Waals surface area contributed by atoms with Crippen molar-refractivity contribution in [2.75, 3.05) is 17.2 Å². The molecule has 2 aromatic carbocycles. The summed E-state index contributed by atoms with van der Waals surface area (Å²) in [5.74, 6) is -0.334. The molecule has 206 valence electrons. The molecule has 0 radical (unpaired) electrons. The highest BCUT2D eigenvalue weighted by Crippen LogP contribution is 2.48. The van der Waals surface area contributed by atoms with E-state index in [4.69, 9.17) is 16.7 Å². The number of fused-ring (bicyclic) bond motifs is 1. The van der Waals surface area contributed by atoms with Crippen molar-refractivity contribution in [1.82, 2.24) is 20.1 Å². The van der Waals surface area contributed by atoms with Gasteiger partial charge in [0.25, 0.3) is 0 Å². The van der Waals surface area contributed by atoms with Gasteiger partial charge in [0.2, 0.25) is 11.8 Å². The molecule has 1 atom stereocenters. The molecule has 2 amide bonds. The second-order valence-corrected chi connectivity index (χ2v) is 12.1. The molecule has 7 nitrogen and oxygen atoms in total. The average Bonchev–Trinajstić information content (AvgIpc) is 3.26. The molecule has 1 N–H and O–H groups in total. The molecule has 0 fully saturated rings. The molecule has 0 saturated heterocycles. The standard InChI is InChI=1S/C30H29ClFN5O2S/c1-30(2,3)28-26-27(20-6-4-8-22(32)14-20)40-18-25(39)36(17-24(38)34-16-19-10-12-33-13-11-19)29(26)37(35-28)23-9-5-7-21(31)15-23/h4-15,27H,16-18H2,1-3H3,(H,34,38)/t27-/m1/s1. The monoisotopic (exact) mass is 577 g/mol. The number of carbonyl (C=O) groups is 2. The minimum absolute atomic E-state index is 0.104. The maximum absolute atomic E-state index is 14.4. The lowest BCUT2D eigenvalue weighted by Crippen LogP contribution is -2.42. The lowest BCUT2D eigenvalue weighted by atomic mass is 9.87. The van der Waals surface area contributed by atoms with E-state index in [-0.39, 0.29) is 35.2 Å². The summed E-state index contributed by atoms with van der Waals surface area (Å²) in [6.07, 6.45) is 3.32. The van der Waals surface area contributed by atoms with Crippen LogP contribution in [0.15, 0.2) is 73.1 Å². The second kappa shape index (κ2) is 11.4. The van der Waals surface area contributed by atoms with Gasteiger partial charge in [0, 0.05) is 34.9 Å². The molecule has 3 heterocycles. The van der Waals surface area contributed by atoms with Crippen LogP contribution in [0.3, 0.4) is 0 Å². The van der Waals surface area contributed by atoms with Gasteiger partial charge in [-0.25, -0.2) is 9.07 Å². The van der Waals surface area contributed by atoms with E-state index in [2.05, 4.69) is 10.3 Å². The highest BCUT2D eigenvalue weighted by molar-refractivity contribution is 8.00. The fourth-order valence-corrected chi connectivity index (χ4v) is 6.07. The number of anilines is 1. The minimum atomic E-state index is -0.428. The molecule has 0 unspecified atom stereocenters. The maximum Gasteiger partial charge on any atom is 0.240 e. The third-order valence-corrected chi connectivity index (χ3v) is 8.03. The van der Waals surface area contributed by atoms with Gasteiger partial charge in [-0.05, 0) is 53.6 Å². The van der Waals surface area contributed by atoms with Crippen molar-refractivity contribution in [3.8, 4) is 5.69 Å². The van der Waals surface area contributed by atoms with Crippen LogP contribution in [-0.2, 0) is 21.5 Å². The number of carbonyl (C=O) groups excluding carboxylic acids is 2. The Balaban J connectivity index is 1.66. The SMILES string of the molecule is CC(C)(C)c1nn(-c2cccc(Cl)c2)c2c1[C@@H](c1cccc(F)c1)SCC(=O)N2CC(=O)NCc1ccncc1. The molecule has 2 aromatic heterocycles. The molecule has 10 heteroatoms. The van der Waals surface area contributed by atoms with Gasteiger partial charge in [0.15, 0.2) is 0 Å².